The van der Waals surface area contributed by atoms with E-state index in [0.717, 1.165) is 17.7 Å². The van der Waals surface area contributed by atoms with E-state index in [9.17, 15) is 0 Å². The number of benzene rings is 1. The lowest BCUT2D eigenvalue weighted by Crippen LogP contribution is -2.02. The van der Waals surface area contributed by atoms with Crippen LogP contribution in [0.25, 0.3) is 0 Å². The normalized spacial score (nSPS) is 9.67. The Labute approximate surface area is 90.2 Å². The van der Waals surface area contributed by atoms with Gasteiger partial charge in [-0.3, -0.25) is 0 Å². The van der Waals surface area contributed by atoms with Crippen LogP contribution in [-0.4, -0.2) is 20.3 Å². The van der Waals surface area contributed by atoms with Gasteiger partial charge in [-0.2, -0.15) is 5.26 Å². The number of nitrogens with zero attached hydrogens (tertiary/aromatic N) is 1. The molecule has 0 fully saturated rings. The molecule has 1 aromatic carbocycles. The van der Waals surface area contributed by atoms with E-state index < -0.39 is 0 Å². The molecule has 3 heteroatoms. The van der Waals surface area contributed by atoms with Crippen molar-refractivity contribution < 1.29 is 9.47 Å². The van der Waals surface area contributed by atoms with Gasteiger partial charge in [0.2, 0.25) is 0 Å². The minimum absolute atomic E-state index is 0.615. The number of rotatable bonds is 5. The summed E-state index contributed by atoms with van der Waals surface area (Å²) in [5.41, 5.74) is 1.67. The van der Waals surface area contributed by atoms with Crippen LogP contribution >= 0.6 is 0 Å². The summed E-state index contributed by atoms with van der Waals surface area (Å²) in [5.74, 6) is 0.783. The Morgan fingerprint density at radius 3 is 2.80 bits per heavy atom. The van der Waals surface area contributed by atoms with E-state index in [4.69, 9.17) is 14.7 Å². The molecule has 15 heavy (non-hydrogen) atoms. The first-order chi connectivity index (χ1) is 7.27. The van der Waals surface area contributed by atoms with Gasteiger partial charge in [0.05, 0.1) is 18.2 Å². The van der Waals surface area contributed by atoms with Crippen molar-refractivity contribution in [1.29, 1.82) is 5.26 Å². The number of ether oxygens (including phenoxy) is 2. The monoisotopic (exact) mass is 205 g/mol. The number of hydrogen-bond donors (Lipinski definition) is 0. The number of methoxy groups -OCH3 is 1. The minimum Gasteiger partial charge on any atom is -0.493 e. The molecule has 3 nitrogen and oxygen atoms in total. The third-order valence-electron chi connectivity index (χ3n) is 2.07. The van der Waals surface area contributed by atoms with Crippen molar-refractivity contribution in [3.05, 3.63) is 29.3 Å². The fourth-order valence-electron chi connectivity index (χ4n) is 1.21. The maximum Gasteiger partial charge on any atom is 0.123 e. The van der Waals surface area contributed by atoms with Crippen LogP contribution in [0, 0.1) is 18.3 Å². The van der Waals surface area contributed by atoms with Gasteiger partial charge in [-0.25, -0.2) is 0 Å². The van der Waals surface area contributed by atoms with Crippen molar-refractivity contribution in [2.45, 2.75) is 13.3 Å². The lowest BCUT2D eigenvalue weighted by atomic mass is 10.1. The van der Waals surface area contributed by atoms with Crippen molar-refractivity contribution in [2.24, 2.45) is 0 Å². The van der Waals surface area contributed by atoms with Gasteiger partial charge in [-0.1, -0.05) is 6.07 Å². The Balaban J connectivity index is 2.56. The molecule has 0 heterocycles. The van der Waals surface area contributed by atoms with E-state index in [-0.39, 0.29) is 0 Å². The van der Waals surface area contributed by atoms with Gasteiger partial charge < -0.3 is 9.47 Å². The van der Waals surface area contributed by atoms with Crippen LogP contribution in [0.1, 0.15) is 17.5 Å². The fraction of sp³-hybridized carbons (Fsp3) is 0.417. The van der Waals surface area contributed by atoms with E-state index >= 15 is 0 Å². The summed E-state index contributed by atoms with van der Waals surface area (Å²) < 4.78 is 10.5. The van der Waals surface area contributed by atoms with Crippen molar-refractivity contribution in [3.63, 3.8) is 0 Å². The molecule has 0 radical (unpaired) electrons. The molecule has 1 aromatic rings. The SMILES string of the molecule is COCCCOc1cc(C#N)ccc1C. The van der Waals surface area contributed by atoms with Gasteiger partial charge >= 0.3 is 0 Å². The van der Waals surface area contributed by atoms with Gasteiger partial charge in [-0.05, 0) is 24.6 Å². The summed E-state index contributed by atoms with van der Waals surface area (Å²) in [7, 11) is 1.67. The van der Waals surface area contributed by atoms with Crippen LogP contribution < -0.4 is 4.74 Å². The molecule has 0 N–H and O–H groups in total. The quantitative estimate of drug-likeness (QED) is 0.692. The maximum atomic E-state index is 8.74. The van der Waals surface area contributed by atoms with Gasteiger partial charge in [0.15, 0.2) is 0 Å². The molecule has 0 aliphatic rings. The predicted molar refractivity (Wildman–Crippen MR) is 57.9 cm³/mol. The first kappa shape index (κ1) is 11.5. The Morgan fingerprint density at radius 2 is 2.13 bits per heavy atom. The lowest BCUT2D eigenvalue weighted by Gasteiger charge is -2.08. The Bertz CT molecular complexity index is 355. The van der Waals surface area contributed by atoms with Crippen LogP contribution in [0.15, 0.2) is 18.2 Å². The highest BCUT2D eigenvalue weighted by molar-refractivity contribution is 5.41. The molecule has 0 atom stereocenters. The van der Waals surface area contributed by atoms with E-state index in [0.29, 0.717) is 18.8 Å². The first-order valence-corrected chi connectivity index (χ1v) is 4.90. The van der Waals surface area contributed by atoms with E-state index in [1.807, 2.05) is 13.0 Å². The second-order valence-electron chi connectivity index (χ2n) is 3.29. The summed E-state index contributed by atoms with van der Waals surface area (Å²) in [6.07, 6.45) is 0.854. The summed E-state index contributed by atoms with van der Waals surface area (Å²) in [4.78, 5) is 0. The maximum absolute atomic E-state index is 8.74. The van der Waals surface area contributed by atoms with Crippen molar-refractivity contribution in [2.75, 3.05) is 20.3 Å². The zero-order valence-corrected chi connectivity index (χ0v) is 9.12. The molecule has 0 aromatic heterocycles. The zero-order valence-electron chi connectivity index (χ0n) is 9.12. The molecule has 80 valence electrons. The molecule has 0 spiro atoms. The summed E-state index contributed by atoms with van der Waals surface area (Å²) >= 11 is 0. The topological polar surface area (TPSA) is 42.2 Å². The number of nitriles is 1. The highest BCUT2D eigenvalue weighted by Crippen LogP contribution is 2.19. The molecule has 0 bridgehead atoms. The van der Waals surface area contributed by atoms with Gasteiger partial charge in [0.1, 0.15) is 5.75 Å². The first-order valence-electron chi connectivity index (χ1n) is 4.90. The lowest BCUT2D eigenvalue weighted by molar-refractivity contribution is 0.172. The third kappa shape index (κ3) is 3.61. The molecule has 0 saturated heterocycles. The highest BCUT2D eigenvalue weighted by Gasteiger charge is 2.00. The predicted octanol–water partition coefficient (Wildman–Crippen LogP) is 2.28. The standard InChI is InChI=1S/C12H15NO2/c1-10-4-5-11(9-13)8-12(10)15-7-3-6-14-2/h4-5,8H,3,6-7H2,1-2H3. The summed E-state index contributed by atoms with van der Waals surface area (Å²) in [6, 6.07) is 7.54. The largest absolute Gasteiger partial charge is 0.493 e. The van der Waals surface area contributed by atoms with E-state index in [2.05, 4.69) is 6.07 Å². The second kappa shape index (κ2) is 6.05. The van der Waals surface area contributed by atoms with Gasteiger partial charge in [0, 0.05) is 20.1 Å². The van der Waals surface area contributed by atoms with Crippen molar-refractivity contribution in [1.82, 2.24) is 0 Å². The smallest absolute Gasteiger partial charge is 0.123 e. The Kier molecular flexibility index (Phi) is 4.65. The third-order valence-corrected chi connectivity index (χ3v) is 2.07. The molecule has 0 saturated carbocycles. The fourth-order valence-corrected chi connectivity index (χ4v) is 1.21. The zero-order chi connectivity index (χ0) is 11.1. The average molecular weight is 205 g/mol. The van der Waals surface area contributed by atoms with Crippen molar-refractivity contribution in [3.8, 4) is 11.8 Å². The molecule has 0 unspecified atom stereocenters. The van der Waals surface area contributed by atoms with Crippen molar-refractivity contribution >= 4 is 0 Å². The number of aryl methyl sites for hydroxylation is 1. The second-order valence-corrected chi connectivity index (χ2v) is 3.29. The van der Waals surface area contributed by atoms with Crippen LogP contribution in [0.3, 0.4) is 0 Å². The van der Waals surface area contributed by atoms with Gasteiger partial charge in [-0.15, -0.1) is 0 Å². The summed E-state index contributed by atoms with van der Waals surface area (Å²) in [6.45, 7) is 3.27. The molecular weight excluding hydrogens is 190 g/mol. The minimum atomic E-state index is 0.615. The number of hydrogen-bond acceptors (Lipinski definition) is 3. The highest BCUT2D eigenvalue weighted by atomic mass is 16.5. The molecular formula is C12H15NO2. The molecule has 0 aliphatic carbocycles. The van der Waals surface area contributed by atoms with Gasteiger partial charge in [0.25, 0.3) is 0 Å². The molecule has 0 aliphatic heterocycles. The van der Waals surface area contributed by atoms with E-state index in [1.165, 1.54) is 0 Å². The van der Waals surface area contributed by atoms with Crippen LogP contribution in [0.4, 0.5) is 0 Å². The Hall–Kier alpha value is -1.53. The summed E-state index contributed by atoms with van der Waals surface area (Å²) in [5, 5.41) is 8.74. The van der Waals surface area contributed by atoms with Crippen LogP contribution in [0.2, 0.25) is 0 Å². The van der Waals surface area contributed by atoms with Crippen LogP contribution in [0.5, 0.6) is 5.75 Å². The molecule has 0 amide bonds. The Morgan fingerprint density at radius 1 is 1.33 bits per heavy atom. The van der Waals surface area contributed by atoms with E-state index in [1.54, 1.807) is 19.2 Å². The van der Waals surface area contributed by atoms with Crippen LogP contribution in [-0.2, 0) is 4.74 Å². The average Bonchev–Trinajstić information content (AvgIpc) is 2.26. The molecule has 1 rings (SSSR count).